The lowest BCUT2D eigenvalue weighted by atomic mass is 10.2. The number of benzene rings is 1. The number of carbonyl (C=O) groups excluding carboxylic acids is 1. The van der Waals surface area contributed by atoms with E-state index in [-0.39, 0.29) is 6.03 Å². The van der Waals surface area contributed by atoms with Gasteiger partial charge < -0.3 is 15.5 Å². The number of nitrogens with zero attached hydrogens (tertiary/aromatic N) is 4. The second kappa shape index (κ2) is 6.80. The normalized spacial score (nSPS) is 14.0. The summed E-state index contributed by atoms with van der Waals surface area (Å²) in [6.07, 6.45) is 4.27. The Labute approximate surface area is 145 Å². The van der Waals surface area contributed by atoms with E-state index in [1.807, 2.05) is 53.1 Å². The molecular weight excluding hydrogens is 316 g/mol. The lowest BCUT2D eigenvalue weighted by Crippen LogP contribution is -2.30. The van der Waals surface area contributed by atoms with Gasteiger partial charge in [0.2, 0.25) is 0 Å². The monoisotopic (exact) mass is 336 g/mol. The van der Waals surface area contributed by atoms with Crippen LogP contribution in [0.15, 0.2) is 48.7 Å². The molecule has 2 amide bonds. The molecule has 1 saturated heterocycles. The highest BCUT2D eigenvalue weighted by atomic mass is 16.2. The molecule has 7 heteroatoms. The third kappa shape index (κ3) is 3.26. The zero-order chi connectivity index (χ0) is 17.1. The van der Waals surface area contributed by atoms with E-state index in [9.17, 15) is 4.79 Å². The van der Waals surface area contributed by atoms with E-state index >= 15 is 0 Å². The number of fused-ring (bicyclic) bond motifs is 1. The standard InChI is InChI=1S/C18H20N6O/c25-18(19-13-17-22-21-16-9-3-4-12-24(16)17)20-14-7-1-2-8-15(14)23-10-5-6-11-23/h1-4,7-9,12H,5-6,10-11,13H2,(H2,19,20,25). The Morgan fingerprint density at radius 1 is 1.04 bits per heavy atom. The molecule has 0 atom stereocenters. The number of amides is 2. The zero-order valence-corrected chi connectivity index (χ0v) is 13.9. The molecular formula is C18H20N6O. The van der Waals surface area contributed by atoms with E-state index in [1.165, 1.54) is 12.8 Å². The first-order valence-electron chi connectivity index (χ1n) is 8.49. The van der Waals surface area contributed by atoms with Gasteiger partial charge in [-0.1, -0.05) is 18.2 Å². The molecule has 1 aliphatic rings. The Kier molecular flexibility index (Phi) is 4.20. The van der Waals surface area contributed by atoms with E-state index in [4.69, 9.17) is 0 Å². The van der Waals surface area contributed by atoms with Crippen LogP contribution in [0.5, 0.6) is 0 Å². The largest absolute Gasteiger partial charge is 0.370 e. The summed E-state index contributed by atoms with van der Waals surface area (Å²) < 4.78 is 1.86. The molecule has 128 valence electrons. The van der Waals surface area contributed by atoms with Crippen molar-refractivity contribution in [2.45, 2.75) is 19.4 Å². The first-order chi connectivity index (χ1) is 12.3. The van der Waals surface area contributed by atoms with Crippen molar-refractivity contribution in [1.82, 2.24) is 19.9 Å². The summed E-state index contributed by atoms with van der Waals surface area (Å²) in [5.41, 5.74) is 2.66. The van der Waals surface area contributed by atoms with Crippen molar-refractivity contribution in [3.05, 3.63) is 54.5 Å². The van der Waals surface area contributed by atoms with Gasteiger partial charge >= 0.3 is 6.03 Å². The first kappa shape index (κ1) is 15.4. The number of rotatable bonds is 4. The van der Waals surface area contributed by atoms with E-state index < -0.39 is 0 Å². The molecule has 4 rings (SSSR count). The molecule has 2 N–H and O–H groups in total. The lowest BCUT2D eigenvalue weighted by Gasteiger charge is -2.21. The average Bonchev–Trinajstić information content (AvgIpc) is 3.30. The number of urea groups is 1. The van der Waals surface area contributed by atoms with Crippen molar-refractivity contribution in [3.63, 3.8) is 0 Å². The molecule has 1 fully saturated rings. The van der Waals surface area contributed by atoms with E-state index in [0.717, 1.165) is 30.1 Å². The number of hydrogen-bond donors (Lipinski definition) is 2. The van der Waals surface area contributed by atoms with Crippen LogP contribution in [0, 0.1) is 0 Å². The van der Waals surface area contributed by atoms with Crippen LogP contribution in [0.3, 0.4) is 0 Å². The van der Waals surface area contributed by atoms with Crippen LogP contribution in [0.1, 0.15) is 18.7 Å². The summed E-state index contributed by atoms with van der Waals surface area (Å²) in [6.45, 7) is 2.38. The molecule has 1 aromatic carbocycles. The van der Waals surface area contributed by atoms with Crippen LogP contribution in [0.4, 0.5) is 16.2 Å². The molecule has 0 radical (unpaired) electrons. The molecule has 0 aliphatic carbocycles. The third-order valence-corrected chi connectivity index (χ3v) is 4.39. The van der Waals surface area contributed by atoms with Gasteiger partial charge in [-0.2, -0.15) is 0 Å². The van der Waals surface area contributed by atoms with Crippen LogP contribution < -0.4 is 15.5 Å². The smallest absolute Gasteiger partial charge is 0.319 e. The summed E-state index contributed by atoms with van der Waals surface area (Å²) in [6, 6.07) is 13.4. The maximum atomic E-state index is 12.3. The highest BCUT2D eigenvalue weighted by Crippen LogP contribution is 2.28. The molecule has 3 heterocycles. The van der Waals surface area contributed by atoms with Crippen LogP contribution >= 0.6 is 0 Å². The van der Waals surface area contributed by atoms with Crippen molar-refractivity contribution < 1.29 is 4.79 Å². The van der Waals surface area contributed by atoms with Gasteiger partial charge in [-0.25, -0.2) is 4.79 Å². The molecule has 25 heavy (non-hydrogen) atoms. The Balaban J connectivity index is 1.43. The van der Waals surface area contributed by atoms with E-state index in [0.29, 0.717) is 12.4 Å². The molecule has 7 nitrogen and oxygen atoms in total. The van der Waals surface area contributed by atoms with Crippen LogP contribution in [0.25, 0.3) is 5.65 Å². The first-order valence-corrected chi connectivity index (χ1v) is 8.49. The van der Waals surface area contributed by atoms with Gasteiger partial charge in [-0.3, -0.25) is 4.40 Å². The van der Waals surface area contributed by atoms with Gasteiger partial charge in [0, 0.05) is 19.3 Å². The number of hydrogen-bond acceptors (Lipinski definition) is 4. The number of aromatic nitrogens is 3. The summed E-state index contributed by atoms with van der Waals surface area (Å²) in [4.78, 5) is 14.6. The Hall–Kier alpha value is -3.09. The van der Waals surface area contributed by atoms with Crippen molar-refractivity contribution in [3.8, 4) is 0 Å². The number of nitrogens with one attached hydrogen (secondary N) is 2. The second-order valence-corrected chi connectivity index (χ2v) is 6.06. The summed E-state index contributed by atoms with van der Waals surface area (Å²) >= 11 is 0. The predicted molar refractivity (Wildman–Crippen MR) is 96.7 cm³/mol. The quantitative estimate of drug-likeness (QED) is 0.768. The summed E-state index contributed by atoms with van der Waals surface area (Å²) in [5, 5.41) is 14.0. The van der Waals surface area contributed by atoms with Crippen molar-refractivity contribution >= 4 is 23.1 Å². The Bertz CT molecular complexity index is 884. The fourth-order valence-electron chi connectivity index (χ4n) is 3.15. The zero-order valence-electron chi connectivity index (χ0n) is 13.9. The molecule has 0 spiro atoms. The van der Waals surface area contributed by atoms with Gasteiger partial charge in [0.15, 0.2) is 11.5 Å². The number of carbonyl (C=O) groups is 1. The summed E-state index contributed by atoms with van der Waals surface area (Å²) in [7, 11) is 0. The summed E-state index contributed by atoms with van der Waals surface area (Å²) in [5.74, 6) is 0.693. The van der Waals surface area contributed by atoms with Gasteiger partial charge in [0.05, 0.1) is 17.9 Å². The molecule has 0 bridgehead atoms. The lowest BCUT2D eigenvalue weighted by molar-refractivity contribution is 0.251. The Morgan fingerprint density at radius 3 is 2.72 bits per heavy atom. The highest BCUT2D eigenvalue weighted by Gasteiger charge is 2.16. The van der Waals surface area contributed by atoms with Gasteiger partial charge in [0.1, 0.15) is 0 Å². The fraction of sp³-hybridized carbons (Fsp3) is 0.278. The van der Waals surface area contributed by atoms with Crippen LogP contribution in [-0.4, -0.2) is 33.7 Å². The minimum atomic E-state index is -0.251. The van der Waals surface area contributed by atoms with Gasteiger partial charge in [0.25, 0.3) is 0 Å². The number of anilines is 2. The molecule has 0 unspecified atom stereocenters. The third-order valence-electron chi connectivity index (χ3n) is 4.39. The van der Waals surface area contributed by atoms with Crippen molar-refractivity contribution in [2.24, 2.45) is 0 Å². The van der Waals surface area contributed by atoms with Crippen molar-refractivity contribution in [1.29, 1.82) is 0 Å². The second-order valence-electron chi connectivity index (χ2n) is 6.06. The SMILES string of the molecule is O=C(NCc1nnc2ccccn12)Nc1ccccc1N1CCCC1. The molecule has 3 aromatic rings. The van der Waals surface area contributed by atoms with E-state index in [2.05, 4.69) is 25.7 Å². The van der Waals surface area contributed by atoms with Gasteiger partial charge in [-0.15, -0.1) is 10.2 Å². The molecule has 0 saturated carbocycles. The van der Waals surface area contributed by atoms with Gasteiger partial charge in [-0.05, 0) is 37.1 Å². The molecule has 2 aromatic heterocycles. The van der Waals surface area contributed by atoms with Crippen LogP contribution in [-0.2, 0) is 6.54 Å². The minimum Gasteiger partial charge on any atom is -0.370 e. The topological polar surface area (TPSA) is 74.6 Å². The maximum absolute atomic E-state index is 12.3. The molecule has 1 aliphatic heterocycles. The average molecular weight is 336 g/mol. The van der Waals surface area contributed by atoms with Crippen LogP contribution in [0.2, 0.25) is 0 Å². The minimum absolute atomic E-state index is 0.251. The number of para-hydroxylation sites is 2. The predicted octanol–water partition coefficient (Wildman–Crippen LogP) is 2.65. The maximum Gasteiger partial charge on any atom is 0.319 e. The Morgan fingerprint density at radius 2 is 1.84 bits per heavy atom. The van der Waals surface area contributed by atoms with Crippen molar-refractivity contribution in [2.75, 3.05) is 23.3 Å². The fourth-order valence-corrected chi connectivity index (χ4v) is 3.15. The van der Waals surface area contributed by atoms with E-state index in [1.54, 1.807) is 0 Å². The number of pyridine rings is 1. The highest BCUT2D eigenvalue weighted by molar-refractivity contribution is 5.93.